The van der Waals surface area contributed by atoms with E-state index >= 15 is 0 Å². The lowest BCUT2D eigenvalue weighted by molar-refractivity contribution is -0.121. The van der Waals surface area contributed by atoms with E-state index in [4.69, 9.17) is 46.3 Å². The number of halogens is 3. The molecule has 6 nitrogen and oxygen atoms in total. The number of rotatable bonds is 9. The highest BCUT2D eigenvalue weighted by molar-refractivity contribution is 7.89. The standard InChI is InChI=1S/C13H18Cl3N3O3S/c14-9-5-10(15)12(11(16)6-9)23(21,22)19-4-2-1-3-8(7-17)13(18)20/h5-6,8,19H,1-4,7,17H2,(H2,18,20). The Bertz CT molecular complexity index is 645. The normalized spacial score (nSPS) is 13.0. The Kier molecular flexibility index (Phi) is 8.06. The summed E-state index contributed by atoms with van der Waals surface area (Å²) in [7, 11) is -3.85. The molecule has 0 aliphatic heterocycles. The minimum absolute atomic E-state index is 0.0491. The fourth-order valence-electron chi connectivity index (χ4n) is 1.96. The smallest absolute Gasteiger partial charge is 0.243 e. The SMILES string of the molecule is NCC(CCCCNS(=O)(=O)c1c(Cl)cc(Cl)cc1Cl)C(N)=O. The van der Waals surface area contributed by atoms with Crippen molar-refractivity contribution in [3.05, 3.63) is 27.2 Å². The molecular weight excluding hydrogens is 385 g/mol. The van der Waals surface area contributed by atoms with Crippen LogP contribution in [0.15, 0.2) is 17.0 Å². The average Bonchev–Trinajstić information content (AvgIpc) is 2.40. The predicted molar refractivity (Wildman–Crippen MR) is 92.3 cm³/mol. The van der Waals surface area contributed by atoms with E-state index in [-0.39, 0.29) is 33.1 Å². The molecule has 1 aromatic carbocycles. The molecule has 1 atom stereocenters. The second-order valence-electron chi connectivity index (χ2n) is 4.93. The summed E-state index contributed by atoms with van der Waals surface area (Å²) in [6, 6.07) is 2.62. The highest BCUT2D eigenvalue weighted by atomic mass is 35.5. The predicted octanol–water partition coefficient (Wildman–Crippen LogP) is 2.16. The van der Waals surface area contributed by atoms with Gasteiger partial charge in [-0.1, -0.05) is 41.2 Å². The first-order valence-electron chi connectivity index (χ1n) is 6.82. The Hall–Kier alpha value is -0.570. The first-order valence-corrected chi connectivity index (χ1v) is 9.44. The summed E-state index contributed by atoms with van der Waals surface area (Å²) >= 11 is 17.6. The number of nitrogens with two attached hydrogens (primary N) is 2. The third-order valence-electron chi connectivity index (χ3n) is 3.19. The molecule has 1 aromatic rings. The maximum atomic E-state index is 12.2. The molecule has 0 fully saturated rings. The minimum atomic E-state index is -3.85. The number of sulfonamides is 1. The van der Waals surface area contributed by atoms with E-state index in [1.165, 1.54) is 12.1 Å². The number of hydrogen-bond acceptors (Lipinski definition) is 4. The van der Waals surface area contributed by atoms with Crippen LogP contribution in [0.4, 0.5) is 0 Å². The Morgan fingerprint density at radius 3 is 2.22 bits per heavy atom. The van der Waals surface area contributed by atoms with Crippen molar-refractivity contribution in [2.75, 3.05) is 13.1 Å². The van der Waals surface area contributed by atoms with Crippen LogP contribution in [-0.4, -0.2) is 27.4 Å². The van der Waals surface area contributed by atoms with Crippen molar-refractivity contribution < 1.29 is 13.2 Å². The van der Waals surface area contributed by atoms with Gasteiger partial charge in [-0.25, -0.2) is 13.1 Å². The van der Waals surface area contributed by atoms with Crippen LogP contribution in [0.3, 0.4) is 0 Å². The van der Waals surface area contributed by atoms with Gasteiger partial charge in [-0.05, 0) is 25.0 Å². The third-order valence-corrected chi connectivity index (χ3v) is 5.79. The largest absolute Gasteiger partial charge is 0.369 e. The van der Waals surface area contributed by atoms with E-state index in [1.54, 1.807) is 0 Å². The zero-order valence-corrected chi connectivity index (χ0v) is 15.3. The van der Waals surface area contributed by atoms with Crippen LogP contribution in [0.25, 0.3) is 0 Å². The molecular formula is C13H18Cl3N3O3S. The van der Waals surface area contributed by atoms with Crippen molar-refractivity contribution in [3.8, 4) is 0 Å². The van der Waals surface area contributed by atoms with Crippen molar-refractivity contribution in [2.24, 2.45) is 17.4 Å². The fourth-order valence-corrected chi connectivity index (χ4v) is 4.57. The van der Waals surface area contributed by atoms with E-state index in [0.29, 0.717) is 19.3 Å². The molecule has 0 saturated carbocycles. The van der Waals surface area contributed by atoms with Crippen LogP contribution in [0.2, 0.25) is 15.1 Å². The Balaban J connectivity index is 2.59. The van der Waals surface area contributed by atoms with Crippen LogP contribution in [-0.2, 0) is 14.8 Å². The van der Waals surface area contributed by atoms with Gasteiger partial charge in [0.25, 0.3) is 0 Å². The lowest BCUT2D eigenvalue weighted by atomic mass is 10.0. The Morgan fingerprint density at radius 2 is 1.74 bits per heavy atom. The van der Waals surface area contributed by atoms with Crippen molar-refractivity contribution in [1.82, 2.24) is 4.72 Å². The second kappa shape index (κ2) is 9.05. The monoisotopic (exact) mass is 401 g/mol. The van der Waals surface area contributed by atoms with Gasteiger partial charge in [0.15, 0.2) is 0 Å². The molecule has 0 spiro atoms. The number of carbonyl (C=O) groups excluding carboxylic acids is 1. The maximum Gasteiger partial charge on any atom is 0.243 e. The van der Waals surface area contributed by atoms with Gasteiger partial charge in [0.1, 0.15) is 4.90 Å². The molecule has 0 saturated heterocycles. The van der Waals surface area contributed by atoms with Gasteiger partial charge < -0.3 is 11.5 Å². The Labute approximate surface area is 150 Å². The highest BCUT2D eigenvalue weighted by Crippen LogP contribution is 2.32. The summed E-state index contributed by atoms with van der Waals surface area (Å²) in [6.07, 6.45) is 1.64. The summed E-state index contributed by atoms with van der Waals surface area (Å²) in [6.45, 7) is 0.352. The number of nitrogens with one attached hydrogen (secondary N) is 1. The van der Waals surface area contributed by atoms with E-state index in [1.807, 2.05) is 0 Å². The van der Waals surface area contributed by atoms with Crippen molar-refractivity contribution >= 4 is 50.7 Å². The molecule has 10 heteroatoms. The molecule has 0 bridgehead atoms. The highest BCUT2D eigenvalue weighted by Gasteiger charge is 2.22. The average molecular weight is 403 g/mol. The number of hydrogen-bond donors (Lipinski definition) is 3. The van der Waals surface area contributed by atoms with E-state index in [2.05, 4.69) is 4.72 Å². The van der Waals surface area contributed by atoms with Gasteiger partial charge in [0.05, 0.1) is 10.0 Å². The molecule has 0 radical (unpaired) electrons. The van der Waals surface area contributed by atoms with Crippen LogP contribution in [0, 0.1) is 5.92 Å². The number of benzene rings is 1. The molecule has 5 N–H and O–H groups in total. The van der Waals surface area contributed by atoms with Crippen LogP contribution >= 0.6 is 34.8 Å². The molecule has 130 valence electrons. The quantitative estimate of drug-likeness (QED) is 0.549. The van der Waals surface area contributed by atoms with Crippen molar-refractivity contribution in [3.63, 3.8) is 0 Å². The summed E-state index contributed by atoms with van der Waals surface area (Å²) in [5, 5.41) is 0.150. The summed E-state index contributed by atoms with van der Waals surface area (Å²) < 4.78 is 26.9. The number of amides is 1. The van der Waals surface area contributed by atoms with Gasteiger partial charge in [0, 0.05) is 24.0 Å². The first-order chi connectivity index (χ1) is 10.7. The minimum Gasteiger partial charge on any atom is -0.369 e. The van der Waals surface area contributed by atoms with Crippen molar-refractivity contribution in [1.29, 1.82) is 0 Å². The number of primary amides is 1. The number of carbonyl (C=O) groups is 1. The molecule has 0 heterocycles. The molecule has 23 heavy (non-hydrogen) atoms. The molecule has 0 aromatic heterocycles. The van der Waals surface area contributed by atoms with Crippen LogP contribution < -0.4 is 16.2 Å². The lowest BCUT2D eigenvalue weighted by Gasteiger charge is -2.12. The zero-order chi connectivity index (χ0) is 17.6. The summed E-state index contributed by atoms with van der Waals surface area (Å²) in [5.41, 5.74) is 10.6. The Morgan fingerprint density at radius 1 is 1.17 bits per heavy atom. The molecule has 1 rings (SSSR count). The van der Waals surface area contributed by atoms with Gasteiger partial charge in [-0.2, -0.15) is 0 Å². The van der Waals surface area contributed by atoms with Crippen LogP contribution in [0.5, 0.6) is 0 Å². The molecule has 0 aliphatic rings. The van der Waals surface area contributed by atoms with Gasteiger partial charge in [0.2, 0.25) is 15.9 Å². The summed E-state index contributed by atoms with van der Waals surface area (Å²) in [5.74, 6) is -0.848. The van der Waals surface area contributed by atoms with Gasteiger partial charge >= 0.3 is 0 Å². The van der Waals surface area contributed by atoms with E-state index in [0.717, 1.165) is 0 Å². The van der Waals surface area contributed by atoms with E-state index in [9.17, 15) is 13.2 Å². The summed E-state index contributed by atoms with van der Waals surface area (Å²) in [4.78, 5) is 10.8. The fraction of sp³-hybridized carbons (Fsp3) is 0.462. The lowest BCUT2D eigenvalue weighted by Crippen LogP contribution is -2.30. The van der Waals surface area contributed by atoms with Gasteiger partial charge in [-0.15, -0.1) is 0 Å². The van der Waals surface area contributed by atoms with Crippen molar-refractivity contribution in [2.45, 2.75) is 24.2 Å². The maximum absolute atomic E-state index is 12.2. The third kappa shape index (κ3) is 6.10. The van der Waals surface area contributed by atoms with Crippen LogP contribution in [0.1, 0.15) is 19.3 Å². The topological polar surface area (TPSA) is 115 Å². The zero-order valence-electron chi connectivity index (χ0n) is 12.2. The molecule has 1 unspecified atom stereocenters. The molecule has 0 aliphatic carbocycles. The first kappa shape index (κ1) is 20.5. The van der Waals surface area contributed by atoms with Gasteiger partial charge in [-0.3, -0.25) is 4.79 Å². The van der Waals surface area contributed by atoms with E-state index < -0.39 is 21.8 Å². The number of unbranched alkanes of at least 4 members (excludes halogenated alkanes) is 1. The molecule has 1 amide bonds. The second-order valence-corrected chi connectivity index (χ2v) is 7.88.